The fourth-order valence-corrected chi connectivity index (χ4v) is 3.82. The van der Waals surface area contributed by atoms with E-state index in [-0.39, 0.29) is 11.6 Å². The van der Waals surface area contributed by atoms with Crippen LogP contribution in [0.15, 0.2) is 41.3 Å². The van der Waals surface area contributed by atoms with E-state index in [1.807, 2.05) is 16.7 Å². The summed E-state index contributed by atoms with van der Waals surface area (Å²) in [5, 5.41) is 2.88. The molecular weight excluding hydrogens is 425 g/mol. The van der Waals surface area contributed by atoms with Crippen LogP contribution in [0.4, 0.5) is 24.7 Å². The molecule has 1 fully saturated rings. The number of imidazole rings is 1. The number of amides is 1. The van der Waals surface area contributed by atoms with E-state index in [2.05, 4.69) is 20.3 Å². The second kappa shape index (κ2) is 8.65. The van der Waals surface area contributed by atoms with Gasteiger partial charge < -0.3 is 20.2 Å². The van der Waals surface area contributed by atoms with E-state index in [0.29, 0.717) is 48.7 Å². The van der Waals surface area contributed by atoms with Gasteiger partial charge in [-0.2, -0.15) is 13.2 Å². The minimum absolute atomic E-state index is 0.177. The lowest BCUT2D eigenvalue weighted by molar-refractivity contribution is -0.137. The zero-order chi connectivity index (χ0) is 22.9. The molecule has 0 radical (unpaired) electrons. The summed E-state index contributed by atoms with van der Waals surface area (Å²) >= 11 is 0. The fraction of sp³-hybridized carbons (Fsp3) is 0.381. The number of benzene rings is 1. The molecule has 3 N–H and O–H groups in total. The molecule has 11 heteroatoms. The van der Waals surface area contributed by atoms with Crippen LogP contribution in [0, 0.1) is 0 Å². The highest BCUT2D eigenvalue weighted by molar-refractivity contribution is 5.96. The molecule has 4 rings (SSSR count). The first-order valence-electron chi connectivity index (χ1n) is 10.3. The van der Waals surface area contributed by atoms with Crippen LogP contribution in [-0.2, 0) is 11.0 Å². The van der Waals surface area contributed by atoms with Crippen LogP contribution < -0.4 is 15.9 Å². The second-order valence-corrected chi connectivity index (χ2v) is 7.78. The van der Waals surface area contributed by atoms with Crippen molar-refractivity contribution >= 4 is 28.4 Å². The van der Waals surface area contributed by atoms with Crippen molar-refractivity contribution in [2.45, 2.75) is 25.6 Å². The van der Waals surface area contributed by atoms with Crippen LogP contribution in [0.5, 0.6) is 0 Å². The summed E-state index contributed by atoms with van der Waals surface area (Å²) in [6, 6.07) is 7.15. The first-order chi connectivity index (χ1) is 15.2. The Morgan fingerprint density at radius 1 is 1.09 bits per heavy atom. The van der Waals surface area contributed by atoms with E-state index in [9.17, 15) is 22.8 Å². The summed E-state index contributed by atoms with van der Waals surface area (Å²) in [6.07, 6.45) is -2.82. The Morgan fingerprint density at radius 3 is 2.59 bits per heavy atom. The molecule has 0 spiro atoms. The minimum atomic E-state index is -4.41. The smallest absolute Gasteiger partial charge is 0.355 e. The average Bonchev–Trinajstić information content (AvgIpc) is 2.95. The van der Waals surface area contributed by atoms with Gasteiger partial charge in [0.05, 0.1) is 22.6 Å². The number of alkyl halides is 3. The Kier molecular flexibility index (Phi) is 5.92. The van der Waals surface area contributed by atoms with Crippen LogP contribution in [0.1, 0.15) is 18.9 Å². The maximum atomic E-state index is 12.8. The number of aromatic nitrogens is 3. The lowest BCUT2D eigenvalue weighted by atomic mass is 10.2. The quantitative estimate of drug-likeness (QED) is 0.570. The maximum Gasteiger partial charge on any atom is 0.417 e. The summed E-state index contributed by atoms with van der Waals surface area (Å²) in [6.45, 7) is 4.25. The van der Waals surface area contributed by atoms with Gasteiger partial charge in [-0.15, -0.1) is 0 Å². The number of carbonyl (C=O) groups excluding carboxylic acids is 1. The zero-order valence-electron chi connectivity index (χ0n) is 17.4. The summed E-state index contributed by atoms with van der Waals surface area (Å²) < 4.78 is 38.3. The number of halogens is 3. The van der Waals surface area contributed by atoms with E-state index in [4.69, 9.17) is 0 Å². The highest BCUT2D eigenvalue weighted by atomic mass is 19.4. The van der Waals surface area contributed by atoms with Crippen LogP contribution >= 0.6 is 0 Å². The van der Waals surface area contributed by atoms with E-state index in [0.717, 1.165) is 18.7 Å². The SMILES string of the molecule is CC(C(=O)Nc1ccc2[nH]c(=O)[nH]c2c1)N1CCCN(c2ccc(C(F)(F)F)cn2)CC1. The van der Waals surface area contributed by atoms with Crippen molar-refractivity contribution in [2.24, 2.45) is 0 Å². The number of hydrogen-bond acceptors (Lipinski definition) is 5. The molecule has 1 atom stereocenters. The number of H-pyrrole nitrogens is 2. The summed E-state index contributed by atoms with van der Waals surface area (Å²) in [5.41, 5.74) is 0.758. The monoisotopic (exact) mass is 448 g/mol. The molecule has 0 aliphatic carbocycles. The lowest BCUT2D eigenvalue weighted by Gasteiger charge is -2.27. The van der Waals surface area contributed by atoms with Crippen LogP contribution in [0.3, 0.4) is 0 Å². The minimum Gasteiger partial charge on any atom is -0.355 e. The van der Waals surface area contributed by atoms with Gasteiger partial charge in [-0.1, -0.05) is 0 Å². The lowest BCUT2D eigenvalue weighted by Crippen LogP contribution is -2.44. The number of rotatable bonds is 4. The van der Waals surface area contributed by atoms with Crippen molar-refractivity contribution in [2.75, 3.05) is 36.4 Å². The van der Waals surface area contributed by atoms with E-state index in [1.54, 1.807) is 18.2 Å². The Hall–Kier alpha value is -3.34. The number of fused-ring (bicyclic) bond motifs is 1. The van der Waals surface area contributed by atoms with E-state index >= 15 is 0 Å². The molecule has 1 amide bonds. The van der Waals surface area contributed by atoms with E-state index in [1.165, 1.54) is 6.07 Å². The highest BCUT2D eigenvalue weighted by Crippen LogP contribution is 2.29. The Labute approximate surface area is 181 Å². The molecule has 2 aromatic heterocycles. The largest absolute Gasteiger partial charge is 0.417 e. The Balaban J connectivity index is 1.37. The number of nitrogens with one attached hydrogen (secondary N) is 3. The molecule has 3 heterocycles. The van der Waals surface area contributed by atoms with Gasteiger partial charge in [0.1, 0.15) is 5.82 Å². The Bertz CT molecular complexity index is 1150. The van der Waals surface area contributed by atoms with Crippen molar-refractivity contribution in [3.63, 3.8) is 0 Å². The topological polar surface area (TPSA) is 97.1 Å². The van der Waals surface area contributed by atoms with Gasteiger partial charge in [0.25, 0.3) is 0 Å². The van der Waals surface area contributed by atoms with Crippen molar-refractivity contribution in [1.29, 1.82) is 0 Å². The molecule has 32 heavy (non-hydrogen) atoms. The number of hydrogen-bond donors (Lipinski definition) is 3. The summed E-state index contributed by atoms with van der Waals surface area (Å²) in [4.78, 5) is 37.4. The van der Waals surface area contributed by atoms with Crippen molar-refractivity contribution in [3.8, 4) is 0 Å². The number of aromatic amines is 2. The molecule has 1 saturated heterocycles. The van der Waals surface area contributed by atoms with Crippen LogP contribution in [0.25, 0.3) is 11.0 Å². The van der Waals surface area contributed by atoms with Crippen LogP contribution in [0.2, 0.25) is 0 Å². The van der Waals surface area contributed by atoms with Crippen molar-refractivity contribution in [1.82, 2.24) is 19.9 Å². The first kappa shape index (κ1) is 21.9. The standard InChI is InChI=1S/C21H23F3N6O2/c1-13(19(31)26-15-4-5-16-17(11-15)28-20(32)27-16)29-7-2-8-30(10-9-29)18-6-3-14(12-25-18)21(22,23)24/h3-6,11-13H,2,7-10H2,1H3,(H,26,31)(H2,27,28,32). The van der Waals surface area contributed by atoms with Crippen molar-refractivity contribution in [3.05, 3.63) is 52.6 Å². The number of carbonyl (C=O) groups is 1. The predicted molar refractivity (Wildman–Crippen MR) is 115 cm³/mol. The molecule has 170 valence electrons. The van der Waals surface area contributed by atoms with Crippen molar-refractivity contribution < 1.29 is 18.0 Å². The molecule has 1 aromatic carbocycles. The van der Waals surface area contributed by atoms with Crippen LogP contribution in [-0.4, -0.2) is 58.0 Å². The first-order valence-corrected chi connectivity index (χ1v) is 10.3. The van der Waals surface area contributed by atoms with Gasteiger partial charge in [-0.3, -0.25) is 9.69 Å². The number of anilines is 2. The van der Waals surface area contributed by atoms with Gasteiger partial charge >= 0.3 is 11.9 Å². The molecule has 1 unspecified atom stereocenters. The molecular formula is C21H23F3N6O2. The third-order valence-electron chi connectivity index (χ3n) is 5.64. The van der Waals surface area contributed by atoms with Gasteiger partial charge in [0.15, 0.2) is 0 Å². The number of nitrogens with zero attached hydrogens (tertiary/aromatic N) is 3. The van der Waals surface area contributed by atoms with E-state index < -0.39 is 17.8 Å². The maximum absolute atomic E-state index is 12.8. The highest BCUT2D eigenvalue weighted by Gasteiger charge is 2.31. The third kappa shape index (κ3) is 4.77. The zero-order valence-corrected chi connectivity index (χ0v) is 17.4. The normalized spacial score (nSPS) is 16.7. The molecule has 0 saturated carbocycles. The molecule has 1 aliphatic rings. The molecule has 0 bridgehead atoms. The molecule has 1 aliphatic heterocycles. The number of pyridine rings is 1. The molecule has 3 aromatic rings. The summed E-state index contributed by atoms with van der Waals surface area (Å²) in [7, 11) is 0. The average molecular weight is 448 g/mol. The van der Waals surface area contributed by atoms with Gasteiger partial charge in [0.2, 0.25) is 5.91 Å². The third-order valence-corrected chi connectivity index (χ3v) is 5.64. The van der Waals surface area contributed by atoms with Gasteiger partial charge in [-0.25, -0.2) is 9.78 Å². The summed E-state index contributed by atoms with van der Waals surface area (Å²) in [5.74, 6) is 0.314. The predicted octanol–water partition coefficient (Wildman–Crippen LogP) is 2.81. The fourth-order valence-electron chi connectivity index (χ4n) is 3.82. The Morgan fingerprint density at radius 2 is 1.88 bits per heavy atom. The van der Waals surface area contributed by atoms with Gasteiger partial charge in [-0.05, 0) is 43.7 Å². The second-order valence-electron chi connectivity index (χ2n) is 7.78. The molecule has 8 nitrogen and oxygen atoms in total. The van der Waals surface area contributed by atoms with Gasteiger partial charge in [0, 0.05) is 38.1 Å².